The number of ether oxygens (including phenoxy) is 1. The Kier molecular flexibility index (Phi) is 8.54. The van der Waals surface area contributed by atoms with E-state index in [4.69, 9.17) is 0 Å². The van der Waals surface area contributed by atoms with Crippen LogP contribution < -0.4 is 4.72 Å². The summed E-state index contributed by atoms with van der Waals surface area (Å²) in [5, 5.41) is 0. The third-order valence-corrected chi connectivity index (χ3v) is 7.27. The first-order chi connectivity index (χ1) is 15.1. The maximum atomic E-state index is 12.9. The van der Waals surface area contributed by atoms with Gasteiger partial charge in [-0.05, 0) is 37.5 Å². The van der Waals surface area contributed by atoms with Crippen LogP contribution in [-0.4, -0.2) is 82.3 Å². The molecule has 1 N–H and O–H groups in total. The Hall–Kier alpha value is -1.69. The van der Waals surface area contributed by atoms with Gasteiger partial charge in [-0.1, -0.05) is 18.9 Å². The number of sulfonamides is 1. The highest BCUT2D eigenvalue weighted by Gasteiger charge is 2.28. The van der Waals surface area contributed by atoms with E-state index in [0.29, 0.717) is 44.7 Å². The van der Waals surface area contributed by atoms with Gasteiger partial charge in [0.05, 0.1) is 4.90 Å². The van der Waals surface area contributed by atoms with Crippen LogP contribution in [-0.2, 0) is 14.8 Å². The van der Waals surface area contributed by atoms with Crippen LogP contribution in [0.1, 0.15) is 42.5 Å². The van der Waals surface area contributed by atoms with Crippen LogP contribution in [0.25, 0.3) is 0 Å². The van der Waals surface area contributed by atoms with Crippen molar-refractivity contribution in [3.8, 4) is 0 Å². The Morgan fingerprint density at radius 1 is 1.12 bits per heavy atom. The summed E-state index contributed by atoms with van der Waals surface area (Å²) in [5.74, 6) is -0.226. The minimum Gasteiger partial charge on any atom is -0.372 e. The zero-order valence-electron chi connectivity index (χ0n) is 17.9. The maximum Gasteiger partial charge on any atom is 0.411 e. The number of hydrogen-bond acceptors (Lipinski definition) is 5. The van der Waals surface area contributed by atoms with E-state index in [0.717, 1.165) is 25.7 Å². The van der Waals surface area contributed by atoms with Crippen molar-refractivity contribution in [3.05, 3.63) is 29.8 Å². The van der Waals surface area contributed by atoms with E-state index >= 15 is 0 Å². The number of nitrogens with zero attached hydrogens (tertiary/aromatic N) is 2. The molecule has 0 aromatic heterocycles. The molecule has 2 fully saturated rings. The molecule has 1 amide bonds. The number of amides is 1. The fourth-order valence-corrected chi connectivity index (χ4v) is 5.41. The van der Waals surface area contributed by atoms with Gasteiger partial charge in [0.15, 0.2) is 0 Å². The topological polar surface area (TPSA) is 79.0 Å². The quantitative estimate of drug-likeness (QED) is 0.554. The predicted molar refractivity (Wildman–Crippen MR) is 113 cm³/mol. The van der Waals surface area contributed by atoms with Crippen LogP contribution in [0, 0.1) is 0 Å². The largest absolute Gasteiger partial charge is 0.411 e. The van der Waals surface area contributed by atoms with E-state index in [1.807, 2.05) is 0 Å². The molecule has 2 aliphatic rings. The van der Waals surface area contributed by atoms with Gasteiger partial charge in [0.25, 0.3) is 5.91 Å². The molecule has 32 heavy (non-hydrogen) atoms. The van der Waals surface area contributed by atoms with Crippen molar-refractivity contribution < 1.29 is 31.1 Å². The number of piperazine rings is 1. The second-order valence-corrected chi connectivity index (χ2v) is 10.00. The summed E-state index contributed by atoms with van der Waals surface area (Å²) >= 11 is 0. The first-order valence-corrected chi connectivity index (χ1v) is 12.4. The molecule has 180 valence electrons. The average molecular weight is 478 g/mol. The minimum absolute atomic E-state index is 0.0365. The molecule has 1 heterocycles. The van der Waals surface area contributed by atoms with Gasteiger partial charge in [0.2, 0.25) is 10.0 Å². The Morgan fingerprint density at radius 3 is 2.47 bits per heavy atom. The zero-order chi connectivity index (χ0) is 23.2. The number of benzene rings is 1. The second kappa shape index (κ2) is 11.0. The monoisotopic (exact) mass is 477 g/mol. The first-order valence-electron chi connectivity index (χ1n) is 10.9. The van der Waals surface area contributed by atoms with Crippen molar-refractivity contribution in [1.82, 2.24) is 14.5 Å². The average Bonchev–Trinajstić information content (AvgIpc) is 3.25. The lowest BCUT2D eigenvalue weighted by atomic mass is 10.2. The highest BCUT2D eigenvalue weighted by atomic mass is 32.2. The lowest BCUT2D eigenvalue weighted by molar-refractivity contribution is -0.174. The smallest absolute Gasteiger partial charge is 0.372 e. The summed E-state index contributed by atoms with van der Waals surface area (Å²) in [7, 11) is -3.67. The van der Waals surface area contributed by atoms with E-state index in [1.54, 1.807) is 17.0 Å². The normalized spacial score (nSPS) is 18.9. The van der Waals surface area contributed by atoms with Gasteiger partial charge in [0, 0.05) is 50.9 Å². The molecule has 0 atom stereocenters. The van der Waals surface area contributed by atoms with Gasteiger partial charge in [-0.15, -0.1) is 0 Å². The molecular weight excluding hydrogens is 447 g/mol. The summed E-state index contributed by atoms with van der Waals surface area (Å²) in [6, 6.07) is 6.05. The van der Waals surface area contributed by atoms with Crippen molar-refractivity contribution in [3.63, 3.8) is 0 Å². The lowest BCUT2D eigenvalue weighted by Gasteiger charge is -2.34. The molecule has 7 nitrogen and oxygen atoms in total. The highest BCUT2D eigenvalue weighted by Crippen LogP contribution is 2.21. The summed E-state index contributed by atoms with van der Waals surface area (Å²) < 4.78 is 68.9. The number of hydrogen-bond donors (Lipinski definition) is 1. The highest BCUT2D eigenvalue weighted by molar-refractivity contribution is 7.89. The first kappa shape index (κ1) is 24.9. The Labute approximate surface area is 186 Å². The standard InChI is InChI=1S/C21H30F3N3O4S/c22-21(23,24)16-31-14-4-9-26-10-12-27(13-11-26)20(28)17-5-3-8-19(15-17)32(29,30)25-18-6-1-2-7-18/h3,5,8,15,18,25H,1-2,4,6-7,9-14,16H2. The molecule has 1 aromatic carbocycles. The maximum absolute atomic E-state index is 12.9. The Balaban J connectivity index is 1.47. The van der Waals surface area contributed by atoms with Gasteiger partial charge in [-0.3, -0.25) is 9.69 Å². The second-order valence-electron chi connectivity index (χ2n) is 8.29. The van der Waals surface area contributed by atoms with Gasteiger partial charge >= 0.3 is 6.18 Å². The zero-order valence-corrected chi connectivity index (χ0v) is 18.8. The number of carbonyl (C=O) groups is 1. The molecule has 0 unspecified atom stereocenters. The third-order valence-electron chi connectivity index (χ3n) is 5.76. The van der Waals surface area contributed by atoms with Crippen LogP contribution in [0.3, 0.4) is 0 Å². The van der Waals surface area contributed by atoms with Crippen molar-refractivity contribution in [2.24, 2.45) is 0 Å². The van der Waals surface area contributed by atoms with E-state index < -0.39 is 22.8 Å². The SMILES string of the molecule is O=C(c1cccc(S(=O)(=O)NC2CCCC2)c1)N1CCN(CCCOCC(F)(F)F)CC1. The number of carbonyl (C=O) groups excluding carboxylic acids is 1. The van der Waals surface area contributed by atoms with Crippen LogP contribution in [0.2, 0.25) is 0 Å². The van der Waals surface area contributed by atoms with Crippen LogP contribution in [0.15, 0.2) is 29.2 Å². The van der Waals surface area contributed by atoms with Gasteiger partial charge in [-0.25, -0.2) is 13.1 Å². The fourth-order valence-electron chi connectivity index (χ4n) is 4.06. The van der Waals surface area contributed by atoms with Gasteiger partial charge in [-0.2, -0.15) is 13.2 Å². The van der Waals surface area contributed by atoms with Gasteiger partial charge in [0.1, 0.15) is 6.61 Å². The predicted octanol–water partition coefficient (Wildman–Crippen LogP) is 2.63. The number of nitrogens with one attached hydrogen (secondary N) is 1. The molecular formula is C21H30F3N3O4S. The molecule has 1 aliphatic carbocycles. The molecule has 3 rings (SSSR count). The van der Waals surface area contributed by atoms with Crippen molar-refractivity contribution in [2.45, 2.75) is 49.2 Å². The van der Waals surface area contributed by atoms with Crippen molar-refractivity contribution in [1.29, 1.82) is 0 Å². The number of halogens is 3. The molecule has 11 heteroatoms. The summed E-state index contributed by atoms with van der Waals surface area (Å²) in [6.45, 7) is 1.55. The minimum atomic E-state index is -4.31. The molecule has 0 spiro atoms. The lowest BCUT2D eigenvalue weighted by Crippen LogP contribution is -2.49. The molecule has 1 saturated carbocycles. The van der Waals surface area contributed by atoms with Crippen LogP contribution in [0.4, 0.5) is 13.2 Å². The van der Waals surface area contributed by atoms with Crippen LogP contribution in [0.5, 0.6) is 0 Å². The van der Waals surface area contributed by atoms with Gasteiger partial charge < -0.3 is 9.64 Å². The number of rotatable bonds is 9. The molecule has 1 saturated heterocycles. The fraction of sp³-hybridized carbons (Fsp3) is 0.667. The third kappa shape index (κ3) is 7.43. The number of alkyl halides is 3. The Bertz CT molecular complexity index is 865. The van der Waals surface area contributed by atoms with E-state index in [2.05, 4.69) is 14.4 Å². The molecule has 0 bridgehead atoms. The van der Waals surface area contributed by atoms with E-state index in [9.17, 15) is 26.4 Å². The molecule has 0 radical (unpaired) electrons. The van der Waals surface area contributed by atoms with E-state index in [-0.39, 0.29) is 23.5 Å². The van der Waals surface area contributed by atoms with Crippen LogP contribution >= 0.6 is 0 Å². The Morgan fingerprint density at radius 2 is 1.81 bits per heavy atom. The molecule has 1 aromatic rings. The summed E-state index contributed by atoms with van der Waals surface area (Å²) in [4.78, 5) is 16.7. The van der Waals surface area contributed by atoms with Crippen molar-refractivity contribution in [2.75, 3.05) is 45.9 Å². The summed E-state index contributed by atoms with van der Waals surface area (Å²) in [6.07, 6.45) is -0.142. The van der Waals surface area contributed by atoms with E-state index in [1.165, 1.54) is 12.1 Å². The summed E-state index contributed by atoms with van der Waals surface area (Å²) in [5.41, 5.74) is 0.327. The van der Waals surface area contributed by atoms with Crippen molar-refractivity contribution >= 4 is 15.9 Å². The molecule has 1 aliphatic heterocycles.